The van der Waals surface area contributed by atoms with Gasteiger partial charge >= 0.3 is 6.18 Å². The molecular formula is C17H11Cl2F3N4O. The highest BCUT2D eigenvalue weighted by molar-refractivity contribution is 6.42. The molecule has 0 fully saturated rings. The number of nitrogens with zero attached hydrogens (tertiary/aromatic N) is 3. The number of carbonyl (C=O) groups excluding carboxylic acids is 1. The van der Waals surface area contributed by atoms with Gasteiger partial charge < -0.3 is 4.57 Å². The maximum atomic E-state index is 13.2. The number of para-hydroxylation sites is 2. The molecule has 3 rings (SSSR count). The second-order valence-electron chi connectivity index (χ2n) is 5.47. The van der Waals surface area contributed by atoms with E-state index in [1.165, 1.54) is 24.4 Å². The number of aromatic nitrogens is 2. The fraction of sp³-hybridized carbons (Fsp3) is 0.118. The van der Waals surface area contributed by atoms with E-state index in [-0.39, 0.29) is 11.0 Å². The third-order valence-electron chi connectivity index (χ3n) is 3.56. The molecule has 0 unspecified atom stereocenters. The summed E-state index contributed by atoms with van der Waals surface area (Å²) >= 11 is 11.7. The van der Waals surface area contributed by atoms with Gasteiger partial charge in [-0.25, -0.2) is 10.4 Å². The number of benzene rings is 2. The van der Waals surface area contributed by atoms with Gasteiger partial charge in [-0.05, 0) is 29.8 Å². The van der Waals surface area contributed by atoms with E-state index in [0.29, 0.717) is 15.6 Å². The van der Waals surface area contributed by atoms with Gasteiger partial charge in [-0.1, -0.05) is 41.4 Å². The summed E-state index contributed by atoms with van der Waals surface area (Å²) in [5, 5.41) is 4.40. The first-order chi connectivity index (χ1) is 12.8. The molecule has 10 heteroatoms. The van der Waals surface area contributed by atoms with Gasteiger partial charge in [0, 0.05) is 0 Å². The van der Waals surface area contributed by atoms with Crippen molar-refractivity contribution in [3.05, 3.63) is 63.9 Å². The number of imidazole rings is 1. The van der Waals surface area contributed by atoms with Crippen molar-refractivity contribution in [1.82, 2.24) is 15.0 Å². The highest BCUT2D eigenvalue weighted by atomic mass is 35.5. The Balaban J connectivity index is 1.77. The van der Waals surface area contributed by atoms with Crippen LogP contribution in [0.5, 0.6) is 0 Å². The van der Waals surface area contributed by atoms with E-state index in [4.69, 9.17) is 23.2 Å². The van der Waals surface area contributed by atoms with E-state index >= 15 is 0 Å². The summed E-state index contributed by atoms with van der Waals surface area (Å²) in [7, 11) is 0. The van der Waals surface area contributed by atoms with Gasteiger partial charge in [-0.15, -0.1) is 0 Å². The molecule has 0 aliphatic carbocycles. The largest absolute Gasteiger partial charge is 0.449 e. The standard InChI is InChI=1S/C17H11Cl2F3N4O/c18-11-6-5-10(7-12(11)19)8-23-25-15(27)9-26-14-4-2-1-3-13(14)24-16(26)17(20,21)22/h1-8H,9H2,(H,25,27). The van der Waals surface area contributed by atoms with Crippen LogP contribution in [0.2, 0.25) is 10.0 Å². The van der Waals surface area contributed by atoms with Crippen LogP contribution in [-0.4, -0.2) is 21.7 Å². The molecule has 140 valence electrons. The van der Waals surface area contributed by atoms with Crippen LogP contribution in [0.3, 0.4) is 0 Å². The molecule has 0 aliphatic rings. The van der Waals surface area contributed by atoms with Gasteiger partial charge in [0.05, 0.1) is 27.3 Å². The Morgan fingerprint density at radius 3 is 2.63 bits per heavy atom. The van der Waals surface area contributed by atoms with E-state index in [2.05, 4.69) is 15.5 Å². The number of carbonyl (C=O) groups is 1. The minimum Gasteiger partial charge on any atom is -0.311 e. The number of hydrogen-bond acceptors (Lipinski definition) is 3. The predicted molar refractivity (Wildman–Crippen MR) is 96.9 cm³/mol. The van der Waals surface area contributed by atoms with Crippen molar-refractivity contribution in [3.63, 3.8) is 0 Å². The van der Waals surface area contributed by atoms with Crippen molar-refractivity contribution in [1.29, 1.82) is 0 Å². The van der Waals surface area contributed by atoms with Crippen LogP contribution < -0.4 is 5.43 Å². The Morgan fingerprint density at radius 1 is 1.19 bits per heavy atom. The van der Waals surface area contributed by atoms with Crippen molar-refractivity contribution in [2.75, 3.05) is 0 Å². The van der Waals surface area contributed by atoms with Crippen molar-refractivity contribution in [3.8, 4) is 0 Å². The van der Waals surface area contributed by atoms with Gasteiger partial charge in [0.2, 0.25) is 5.82 Å². The smallest absolute Gasteiger partial charge is 0.311 e. The Bertz CT molecular complexity index is 1030. The molecule has 27 heavy (non-hydrogen) atoms. The highest BCUT2D eigenvalue weighted by Crippen LogP contribution is 2.31. The average molecular weight is 415 g/mol. The maximum absolute atomic E-state index is 13.2. The van der Waals surface area contributed by atoms with Gasteiger partial charge in [0.25, 0.3) is 5.91 Å². The number of hydrazone groups is 1. The molecule has 0 spiro atoms. The number of fused-ring (bicyclic) bond motifs is 1. The molecule has 0 atom stereocenters. The summed E-state index contributed by atoms with van der Waals surface area (Å²) in [4.78, 5) is 15.6. The zero-order chi connectivity index (χ0) is 19.6. The van der Waals surface area contributed by atoms with Crippen molar-refractivity contribution in [2.24, 2.45) is 5.10 Å². The van der Waals surface area contributed by atoms with E-state index in [0.717, 1.165) is 4.57 Å². The summed E-state index contributed by atoms with van der Waals surface area (Å²) in [5.74, 6) is -1.88. The van der Waals surface area contributed by atoms with Gasteiger partial charge in [0.1, 0.15) is 6.54 Å². The minimum absolute atomic E-state index is 0.150. The van der Waals surface area contributed by atoms with Crippen molar-refractivity contribution < 1.29 is 18.0 Å². The monoisotopic (exact) mass is 414 g/mol. The van der Waals surface area contributed by atoms with Gasteiger partial charge in [-0.2, -0.15) is 18.3 Å². The zero-order valence-corrected chi connectivity index (χ0v) is 15.0. The quantitative estimate of drug-likeness (QED) is 0.504. The number of nitrogens with one attached hydrogen (secondary N) is 1. The van der Waals surface area contributed by atoms with Crippen LogP contribution in [0.25, 0.3) is 11.0 Å². The fourth-order valence-electron chi connectivity index (χ4n) is 2.40. The SMILES string of the molecule is O=C(Cn1c(C(F)(F)F)nc2ccccc21)NN=Cc1ccc(Cl)c(Cl)c1. The lowest BCUT2D eigenvalue weighted by atomic mass is 10.2. The first-order valence-corrected chi connectivity index (χ1v) is 8.31. The summed E-state index contributed by atoms with van der Waals surface area (Å²) in [6.45, 7) is -0.589. The lowest BCUT2D eigenvalue weighted by Gasteiger charge is -2.10. The fourth-order valence-corrected chi connectivity index (χ4v) is 2.71. The van der Waals surface area contributed by atoms with Crippen LogP contribution >= 0.6 is 23.2 Å². The topological polar surface area (TPSA) is 59.3 Å². The molecule has 1 amide bonds. The molecule has 1 N–H and O–H groups in total. The Hall–Kier alpha value is -2.58. The highest BCUT2D eigenvalue weighted by Gasteiger charge is 2.37. The molecule has 2 aromatic carbocycles. The average Bonchev–Trinajstić information content (AvgIpc) is 2.97. The molecule has 0 radical (unpaired) electrons. The van der Waals surface area contributed by atoms with Gasteiger partial charge in [-0.3, -0.25) is 4.79 Å². The Morgan fingerprint density at radius 2 is 1.93 bits per heavy atom. The van der Waals surface area contributed by atoms with Crippen molar-refractivity contribution >= 4 is 46.4 Å². The van der Waals surface area contributed by atoms with Crippen LogP contribution in [0.15, 0.2) is 47.6 Å². The number of rotatable bonds is 4. The number of amides is 1. The summed E-state index contributed by atoms with van der Waals surface area (Å²) in [6, 6.07) is 10.8. The Kier molecular flexibility index (Phi) is 5.38. The normalized spacial score (nSPS) is 12.0. The number of hydrogen-bond donors (Lipinski definition) is 1. The molecule has 1 aromatic heterocycles. The lowest BCUT2D eigenvalue weighted by molar-refractivity contribution is -0.147. The molecule has 0 aliphatic heterocycles. The minimum atomic E-state index is -4.69. The maximum Gasteiger partial charge on any atom is 0.449 e. The second-order valence-corrected chi connectivity index (χ2v) is 6.29. The van der Waals surface area contributed by atoms with E-state index in [1.807, 2.05) is 0 Å². The number of halogens is 5. The first kappa shape index (κ1) is 19.2. The van der Waals surface area contributed by atoms with Gasteiger partial charge in [0.15, 0.2) is 0 Å². The van der Waals surface area contributed by atoms with E-state index < -0.39 is 24.5 Å². The summed E-state index contributed by atoms with van der Waals surface area (Å²) < 4.78 is 40.4. The predicted octanol–water partition coefficient (Wildman–Crippen LogP) is 4.51. The van der Waals surface area contributed by atoms with Crippen LogP contribution in [0.1, 0.15) is 11.4 Å². The molecule has 5 nitrogen and oxygen atoms in total. The molecule has 0 saturated carbocycles. The first-order valence-electron chi connectivity index (χ1n) is 7.55. The summed E-state index contributed by atoms with van der Waals surface area (Å²) in [5.41, 5.74) is 3.10. The summed E-state index contributed by atoms with van der Waals surface area (Å²) in [6.07, 6.45) is -3.39. The van der Waals surface area contributed by atoms with Crippen molar-refractivity contribution in [2.45, 2.75) is 12.7 Å². The third-order valence-corrected chi connectivity index (χ3v) is 4.30. The van der Waals surface area contributed by atoms with E-state index in [9.17, 15) is 18.0 Å². The zero-order valence-electron chi connectivity index (χ0n) is 13.5. The molecule has 0 bridgehead atoms. The van der Waals surface area contributed by atoms with Crippen LogP contribution in [-0.2, 0) is 17.5 Å². The van der Waals surface area contributed by atoms with E-state index in [1.54, 1.807) is 24.3 Å². The molecule has 0 saturated heterocycles. The van der Waals surface area contributed by atoms with Crippen LogP contribution in [0, 0.1) is 0 Å². The van der Waals surface area contributed by atoms with Crippen LogP contribution in [0.4, 0.5) is 13.2 Å². The molecular weight excluding hydrogens is 404 g/mol. The second kappa shape index (κ2) is 7.58. The lowest BCUT2D eigenvalue weighted by Crippen LogP contribution is -2.26. The number of alkyl halides is 3. The molecule has 3 aromatic rings. The Labute approximate surface area is 161 Å². The third kappa shape index (κ3) is 4.40. The molecule has 1 heterocycles.